The molecule has 1 fully saturated rings. The molecule has 3 amide bonds. The molecule has 2 aromatic rings. The van der Waals surface area contributed by atoms with Gasteiger partial charge in [-0.25, -0.2) is 9.37 Å². The third-order valence-electron chi connectivity index (χ3n) is 6.96. The lowest BCUT2D eigenvalue weighted by Gasteiger charge is -2.35. The van der Waals surface area contributed by atoms with Gasteiger partial charge >= 0.3 is 0 Å². The van der Waals surface area contributed by atoms with Gasteiger partial charge in [-0.1, -0.05) is 18.2 Å². The number of hydrogen-bond acceptors (Lipinski definition) is 6. The van der Waals surface area contributed by atoms with Gasteiger partial charge in [0.05, 0.1) is 11.7 Å². The fourth-order valence-corrected chi connectivity index (χ4v) is 4.71. The molecule has 3 heterocycles. The van der Waals surface area contributed by atoms with Crippen molar-refractivity contribution in [2.75, 3.05) is 30.5 Å². The zero-order valence-electron chi connectivity index (χ0n) is 20.7. The first-order valence-electron chi connectivity index (χ1n) is 12.2. The summed E-state index contributed by atoms with van der Waals surface area (Å²) in [5, 5.41) is 8.47. The van der Waals surface area contributed by atoms with Crippen LogP contribution in [0.15, 0.2) is 36.5 Å². The van der Waals surface area contributed by atoms with Crippen LogP contribution in [0.1, 0.15) is 30.9 Å². The molecule has 0 radical (unpaired) electrons. The fraction of sp³-hybridized carbons (Fsp3) is 0.462. The first-order chi connectivity index (χ1) is 17.3. The quantitative estimate of drug-likeness (QED) is 0.539. The molecular weight excluding hydrogens is 465 g/mol. The molecule has 0 aliphatic carbocycles. The van der Waals surface area contributed by atoms with Crippen LogP contribution in [0.3, 0.4) is 0 Å². The first-order valence-corrected chi connectivity index (χ1v) is 12.2. The Bertz CT molecular complexity index is 1120. The minimum atomic E-state index is -0.942. The summed E-state index contributed by atoms with van der Waals surface area (Å²) in [6.07, 6.45) is 2.98. The number of nitrogens with zero attached hydrogens (tertiary/aromatic N) is 2. The van der Waals surface area contributed by atoms with Gasteiger partial charge in [-0.15, -0.1) is 0 Å². The number of halogens is 1. The zero-order chi connectivity index (χ0) is 25.8. The number of pyridine rings is 1. The Morgan fingerprint density at radius 2 is 1.92 bits per heavy atom. The van der Waals surface area contributed by atoms with Crippen LogP contribution in [0.5, 0.6) is 0 Å². The van der Waals surface area contributed by atoms with E-state index in [4.69, 9.17) is 4.74 Å². The second kappa shape index (κ2) is 11.1. The van der Waals surface area contributed by atoms with E-state index in [1.54, 1.807) is 45.3 Å². The van der Waals surface area contributed by atoms with Gasteiger partial charge in [0.15, 0.2) is 0 Å². The van der Waals surface area contributed by atoms with E-state index in [2.05, 4.69) is 20.9 Å². The van der Waals surface area contributed by atoms with Gasteiger partial charge in [0.1, 0.15) is 23.7 Å². The minimum Gasteiger partial charge on any atom is -0.381 e. The number of carbonyl (C=O) groups excluding carboxylic acids is 3. The number of rotatable bonds is 7. The van der Waals surface area contributed by atoms with Crippen LogP contribution in [0, 0.1) is 18.7 Å². The molecule has 3 atom stereocenters. The van der Waals surface area contributed by atoms with Gasteiger partial charge in [-0.2, -0.15) is 0 Å². The van der Waals surface area contributed by atoms with Gasteiger partial charge < -0.3 is 20.7 Å². The van der Waals surface area contributed by atoms with E-state index in [0.717, 1.165) is 5.56 Å². The normalized spacial score (nSPS) is 19.3. The number of amides is 3. The molecule has 0 spiro atoms. The van der Waals surface area contributed by atoms with Crippen molar-refractivity contribution in [1.29, 1.82) is 0 Å². The summed E-state index contributed by atoms with van der Waals surface area (Å²) >= 11 is 0. The van der Waals surface area contributed by atoms with Crippen LogP contribution in [-0.2, 0) is 25.5 Å². The molecule has 1 aromatic carbocycles. The van der Waals surface area contributed by atoms with Crippen LogP contribution in [0.25, 0.3) is 0 Å². The smallest absolute Gasteiger partial charge is 0.251 e. The van der Waals surface area contributed by atoms with Crippen molar-refractivity contribution in [2.45, 2.75) is 51.2 Å². The van der Waals surface area contributed by atoms with Crippen LogP contribution in [0.2, 0.25) is 0 Å². The highest BCUT2D eigenvalue weighted by Gasteiger charge is 2.44. The number of para-hydroxylation sites is 1. The van der Waals surface area contributed by atoms with Gasteiger partial charge in [-0.05, 0) is 62.9 Å². The zero-order valence-corrected chi connectivity index (χ0v) is 20.7. The number of likely N-dealkylation sites (N-methyl/N-ethyl adjacent to an activating group) is 1. The second-order valence-corrected chi connectivity index (χ2v) is 9.28. The minimum absolute atomic E-state index is 0.0796. The summed E-state index contributed by atoms with van der Waals surface area (Å²) in [6, 6.07) is 5.79. The van der Waals surface area contributed by atoms with Crippen LogP contribution >= 0.6 is 0 Å². The van der Waals surface area contributed by atoms with E-state index in [-0.39, 0.29) is 23.9 Å². The third-order valence-corrected chi connectivity index (χ3v) is 6.96. The number of aromatic nitrogens is 1. The lowest BCUT2D eigenvalue weighted by molar-refractivity contribution is -0.131. The third kappa shape index (κ3) is 5.24. The SMILES string of the molecule is CNC(C)C(=O)NC(C(=O)N1c2ncccc2CC1C(=O)Nc1c(C)cccc1F)C1CCOCC1. The van der Waals surface area contributed by atoms with Gasteiger partial charge in [0.25, 0.3) is 5.91 Å². The average molecular weight is 498 g/mol. The van der Waals surface area contributed by atoms with Gasteiger partial charge in [0.2, 0.25) is 11.8 Å². The van der Waals surface area contributed by atoms with Crippen LogP contribution in [0.4, 0.5) is 15.9 Å². The van der Waals surface area contributed by atoms with Crippen molar-refractivity contribution in [1.82, 2.24) is 15.6 Å². The highest BCUT2D eigenvalue weighted by atomic mass is 19.1. The number of aryl methyl sites for hydroxylation is 1. The topological polar surface area (TPSA) is 113 Å². The van der Waals surface area contributed by atoms with Crippen LogP contribution in [-0.4, -0.2) is 61.1 Å². The predicted octanol–water partition coefficient (Wildman–Crippen LogP) is 1.94. The number of carbonyl (C=O) groups is 3. The van der Waals surface area contributed by atoms with Crippen molar-refractivity contribution >= 4 is 29.2 Å². The molecule has 2 aliphatic heterocycles. The van der Waals surface area contributed by atoms with E-state index in [0.29, 0.717) is 37.4 Å². The lowest BCUT2D eigenvalue weighted by Crippen LogP contribution is -2.59. The molecule has 3 N–H and O–H groups in total. The summed E-state index contributed by atoms with van der Waals surface area (Å²) in [5.41, 5.74) is 1.39. The Morgan fingerprint density at radius 3 is 2.61 bits per heavy atom. The largest absolute Gasteiger partial charge is 0.381 e. The van der Waals surface area contributed by atoms with E-state index in [9.17, 15) is 18.8 Å². The van der Waals surface area contributed by atoms with Crippen molar-refractivity contribution in [3.8, 4) is 0 Å². The molecule has 9 nitrogen and oxygen atoms in total. The van der Waals surface area contributed by atoms with Crippen molar-refractivity contribution in [3.63, 3.8) is 0 Å². The van der Waals surface area contributed by atoms with E-state index < -0.39 is 35.8 Å². The van der Waals surface area contributed by atoms with E-state index in [1.165, 1.54) is 11.0 Å². The molecule has 10 heteroatoms. The Labute approximate surface area is 209 Å². The summed E-state index contributed by atoms with van der Waals surface area (Å²) in [6.45, 7) is 4.38. The molecule has 1 saturated heterocycles. The van der Waals surface area contributed by atoms with Gasteiger partial charge in [0, 0.05) is 25.8 Å². The second-order valence-electron chi connectivity index (χ2n) is 9.28. The van der Waals surface area contributed by atoms with Crippen molar-refractivity contribution in [3.05, 3.63) is 53.5 Å². The highest BCUT2D eigenvalue weighted by Crippen LogP contribution is 2.33. The Kier molecular flexibility index (Phi) is 7.95. The molecule has 36 heavy (non-hydrogen) atoms. The summed E-state index contributed by atoms with van der Waals surface area (Å²) in [5.74, 6) is -1.59. The molecule has 2 aliphatic rings. The number of fused-ring (bicyclic) bond motifs is 1. The summed E-state index contributed by atoms with van der Waals surface area (Å²) < 4.78 is 19.9. The number of anilines is 2. The number of benzene rings is 1. The number of ether oxygens (including phenoxy) is 1. The predicted molar refractivity (Wildman–Crippen MR) is 133 cm³/mol. The molecule has 4 rings (SSSR count). The molecule has 0 bridgehead atoms. The maximum atomic E-state index is 14.5. The van der Waals surface area contributed by atoms with Crippen LogP contribution < -0.4 is 20.9 Å². The van der Waals surface area contributed by atoms with Gasteiger partial charge in [-0.3, -0.25) is 19.3 Å². The maximum Gasteiger partial charge on any atom is 0.251 e. The monoisotopic (exact) mass is 497 g/mol. The molecule has 192 valence electrons. The van der Waals surface area contributed by atoms with Crippen molar-refractivity contribution < 1.29 is 23.5 Å². The maximum absolute atomic E-state index is 14.5. The first kappa shape index (κ1) is 25.7. The molecular formula is C26H32FN5O4. The number of hydrogen-bond donors (Lipinski definition) is 3. The summed E-state index contributed by atoms with van der Waals surface area (Å²) in [4.78, 5) is 46.1. The summed E-state index contributed by atoms with van der Waals surface area (Å²) in [7, 11) is 1.67. The van der Waals surface area contributed by atoms with Crippen molar-refractivity contribution in [2.24, 2.45) is 5.92 Å². The molecule has 1 aromatic heterocycles. The molecule has 3 unspecified atom stereocenters. The lowest BCUT2D eigenvalue weighted by atomic mass is 9.90. The number of nitrogens with one attached hydrogen (secondary N) is 3. The van der Waals surface area contributed by atoms with E-state index >= 15 is 0 Å². The van der Waals surface area contributed by atoms with E-state index in [1.807, 2.05) is 6.07 Å². The Hall–Kier alpha value is -3.37. The molecule has 0 saturated carbocycles. The highest BCUT2D eigenvalue weighted by molar-refractivity contribution is 6.09. The fourth-order valence-electron chi connectivity index (χ4n) is 4.71. The Morgan fingerprint density at radius 1 is 1.17 bits per heavy atom. The standard InChI is InChI=1S/C26H32FN5O4/c1-15-6-4-8-19(27)21(15)30-25(34)20-14-18-7-5-11-29-23(18)32(20)26(35)22(17-9-12-36-13-10-17)31-24(33)16(2)28-3/h4-8,11,16-17,20,22,28H,9-10,12-14H2,1-3H3,(H,30,34)(H,31,33). The average Bonchev–Trinajstić information content (AvgIpc) is 3.28. The Balaban J connectivity index is 1.67.